The fourth-order valence-electron chi connectivity index (χ4n) is 2.17. The van der Waals surface area contributed by atoms with Crippen molar-refractivity contribution in [2.45, 2.75) is 6.92 Å². The molecule has 3 aromatic rings. The van der Waals surface area contributed by atoms with Gasteiger partial charge in [-0.05, 0) is 37.3 Å². The molecule has 0 atom stereocenters. The van der Waals surface area contributed by atoms with Crippen molar-refractivity contribution in [1.29, 1.82) is 5.26 Å². The summed E-state index contributed by atoms with van der Waals surface area (Å²) in [6.45, 7) is 1.75. The molecule has 0 unspecified atom stereocenters. The molecule has 0 aliphatic heterocycles. The van der Waals surface area contributed by atoms with Gasteiger partial charge in [0.1, 0.15) is 15.8 Å². The fourth-order valence-corrected chi connectivity index (χ4v) is 3.22. The van der Waals surface area contributed by atoms with E-state index >= 15 is 0 Å². The van der Waals surface area contributed by atoms with Crippen molar-refractivity contribution in [3.05, 3.63) is 51.5 Å². The number of fused-ring (bicyclic) bond motifs is 1. The minimum Gasteiger partial charge on any atom is -0.396 e. The largest absolute Gasteiger partial charge is 0.396 e. The third kappa shape index (κ3) is 2.84. The van der Waals surface area contributed by atoms with Gasteiger partial charge < -0.3 is 11.1 Å². The molecule has 23 heavy (non-hydrogen) atoms. The molecule has 0 aliphatic carbocycles. The molecule has 3 rings (SSSR count). The number of carbonyl (C=O) groups excluding carboxylic acids is 1. The molecule has 7 heteroatoms. The van der Waals surface area contributed by atoms with Gasteiger partial charge in [0.05, 0.1) is 16.9 Å². The Morgan fingerprint density at radius 1 is 1.39 bits per heavy atom. The van der Waals surface area contributed by atoms with E-state index < -0.39 is 0 Å². The zero-order chi connectivity index (χ0) is 16.6. The highest BCUT2D eigenvalue weighted by Crippen LogP contribution is 2.33. The summed E-state index contributed by atoms with van der Waals surface area (Å²) < 4.78 is 0. The van der Waals surface area contributed by atoms with E-state index in [4.69, 9.17) is 22.6 Å². The summed E-state index contributed by atoms with van der Waals surface area (Å²) in [6.07, 6.45) is 0. The lowest BCUT2D eigenvalue weighted by Gasteiger charge is -2.08. The normalized spacial score (nSPS) is 10.5. The molecule has 0 fully saturated rings. The number of hydrogen-bond donors (Lipinski definition) is 2. The van der Waals surface area contributed by atoms with Gasteiger partial charge in [-0.1, -0.05) is 11.6 Å². The van der Waals surface area contributed by atoms with Crippen LogP contribution in [-0.4, -0.2) is 10.9 Å². The number of hydrogen-bond acceptors (Lipinski definition) is 5. The molecule has 1 aromatic carbocycles. The van der Waals surface area contributed by atoms with Gasteiger partial charge in [0.15, 0.2) is 0 Å². The average molecular weight is 343 g/mol. The summed E-state index contributed by atoms with van der Waals surface area (Å²) in [5.74, 6) is -0.289. The van der Waals surface area contributed by atoms with Gasteiger partial charge in [0.25, 0.3) is 5.91 Å². The molecule has 0 spiro atoms. The predicted molar refractivity (Wildman–Crippen MR) is 92.9 cm³/mol. The van der Waals surface area contributed by atoms with Crippen molar-refractivity contribution < 1.29 is 4.79 Å². The fraction of sp³-hybridized carbons (Fsp3) is 0.0625. The van der Waals surface area contributed by atoms with Crippen LogP contribution in [0.25, 0.3) is 10.2 Å². The van der Waals surface area contributed by atoms with Crippen LogP contribution in [0.4, 0.5) is 11.4 Å². The number of aryl methyl sites for hydroxylation is 1. The lowest BCUT2D eigenvalue weighted by atomic mass is 10.1. The molecule has 0 saturated carbocycles. The van der Waals surface area contributed by atoms with E-state index in [0.717, 1.165) is 0 Å². The van der Waals surface area contributed by atoms with Crippen molar-refractivity contribution in [2.24, 2.45) is 0 Å². The van der Waals surface area contributed by atoms with Crippen molar-refractivity contribution in [3.63, 3.8) is 0 Å². The molecule has 0 bridgehead atoms. The summed E-state index contributed by atoms with van der Waals surface area (Å²) in [5.41, 5.74) is 7.93. The predicted octanol–water partition coefficient (Wildman–Crippen LogP) is 3.96. The molecule has 1 amide bonds. The van der Waals surface area contributed by atoms with E-state index in [1.807, 2.05) is 6.07 Å². The minimum absolute atomic E-state index is 0.289. The number of thiophene rings is 1. The molecule has 114 valence electrons. The standard InChI is InChI=1S/C16H11ClN4OS/c1-8-11(15(22)21-10-4-2-9(17)3-5-10)6-12-14(19)13(7-18)23-16(12)20-8/h2-6H,19H2,1H3,(H,21,22). The second-order valence-electron chi connectivity index (χ2n) is 4.89. The summed E-state index contributed by atoms with van der Waals surface area (Å²) in [7, 11) is 0. The Morgan fingerprint density at radius 2 is 2.09 bits per heavy atom. The number of nitrogens with two attached hydrogens (primary N) is 1. The van der Waals surface area contributed by atoms with Crippen molar-refractivity contribution >= 4 is 50.4 Å². The number of nitrogens with one attached hydrogen (secondary N) is 1. The van der Waals surface area contributed by atoms with Crippen LogP contribution in [0.3, 0.4) is 0 Å². The van der Waals surface area contributed by atoms with E-state index in [1.54, 1.807) is 37.3 Å². The van der Waals surface area contributed by atoms with Gasteiger partial charge >= 0.3 is 0 Å². The molecule has 0 radical (unpaired) electrons. The number of amides is 1. The van der Waals surface area contributed by atoms with Crippen molar-refractivity contribution in [1.82, 2.24) is 4.98 Å². The van der Waals surface area contributed by atoms with E-state index in [1.165, 1.54) is 11.3 Å². The second-order valence-corrected chi connectivity index (χ2v) is 6.33. The van der Waals surface area contributed by atoms with Gasteiger partial charge in [0, 0.05) is 16.1 Å². The van der Waals surface area contributed by atoms with Crippen LogP contribution in [0.2, 0.25) is 5.02 Å². The van der Waals surface area contributed by atoms with Crippen LogP contribution in [0.5, 0.6) is 0 Å². The topological polar surface area (TPSA) is 91.8 Å². The Morgan fingerprint density at radius 3 is 2.74 bits per heavy atom. The number of nitrogens with zero attached hydrogens (tertiary/aromatic N) is 2. The number of pyridine rings is 1. The molecular weight excluding hydrogens is 332 g/mol. The summed E-state index contributed by atoms with van der Waals surface area (Å²) >= 11 is 7.05. The van der Waals surface area contributed by atoms with Crippen LogP contribution >= 0.6 is 22.9 Å². The van der Waals surface area contributed by atoms with Crippen molar-refractivity contribution in [2.75, 3.05) is 11.1 Å². The van der Waals surface area contributed by atoms with E-state index in [9.17, 15) is 4.79 Å². The monoisotopic (exact) mass is 342 g/mol. The third-order valence-electron chi connectivity index (χ3n) is 3.36. The van der Waals surface area contributed by atoms with Crippen LogP contribution in [0, 0.1) is 18.3 Å². The average Bonchev–Trinajstić information content (AvgIpc) is 2.84. The molecule has 5 nitrogen and oxygen atoms in total. The highest BCUT2D eigenvalue weighted by Gasteiger charge is 2.16. The molecular formula is C16H11ClN4OS. The molecule has 0 saturated heterocycles. The van der Waals surface area contributed by atoms with Crippen LogP contribution in [-0.2, 0) is 0 Å². The summed E-state index contributed by atoms with van der Waals surface area (Å²) in [6, 6.07) is 10.5. The zero-order valence-electron chi connectivity index (χ0n) is 12.1. The Kier molecular flexibility index (Phi) is 3.90. The van der Waals surface area contributed by atoms with Gasteiger partial charge in [-0.15, -0.1) is 11.3 Å². The van der Waals surface area contributed by atoms with Gasteiger partial charge in [0.2, 0.25) is 0 Å². The third-order valence-corrected chi connectivity index (χ3v) is 4.63. The number of nitrogen functional groups attached to an aromatic ring is 1. The van der Waals surface area contributed by atoms with Gasteiger partial charge in [-0.25, -0.2) is 4.98 Å². The van der Waals surface area contributed by atoms with Crippen LogP contribution in [0.1, 0.15) is 20.9 Å². The number of benzene rings is 1. The highest BCUT2D eigenvalue weighted by atomic mass is 35.5. The Hall–Kier alpha value is -2.62. The lowest BCUT2D eigenvalue weighted by molar-refractivity contribution is 0.102. The van der Waals surface area contributed by atoms with E-state index in [2.05, 4.69) is 10.3 Å². The smallest absolute Gasteiger partial charge is 0.257 e. The maximum absolute atomic E-state index is 12.5. The lowest BCUT2D eigenvalue weighted by Crippen LogP contribution is -2.14. The number of anilines is 2. The van der Waals surface area contributed by atoms with E-state index in [-0.39, 0.29) is 5.91 Å². The minimum atomic E-state index is -0.289. The number of halogens is 1. The Balaban J connectivity index is 2.00. The molecule has 3 N–H and O–H groups in total. The number of nitriles is 1. The number of rotatable bonds is 2. The van der Waals surface area contributed by atoms with Crippen LogP contribution < -0.4 is 11.1 Å². The second kappa shape index (κ2) is 5.88. The zero-order valence-corrected chi connectivity index (χ0v) is 13.6. The highest BCUT2D eigenvalue weighted by molar-refractivity contribution is 7.19. The number of carbonyl (C=O) groups is 1. The number of aromatic nitrogens is 1. The molecule has 0 aliphatic rings. The summed E-state index contributed by atoms with van der Waals surface area (Å²) in [4.78, 5) is 17.9. The first-order chi connectivity index (χ1) is 11.0. The first-order valence-corrected chi connectivity index (χ1v) is 7.85. The van der Waals surface area contributed by atoms with Crippen LogP contribution in [0.15, 0.2) is 30.3 Å². The molecule has 2 aromatic heterocycles. The maximum Gasteiger partial charge on any atom is 0.257 e. The quantitative estimate of drug-likeness (QED) is 0.737. The van der Waals surface area contributed by atoms with Gasteiger partial charge in [-0.2, -0.15) is 5.26 Å². The summed E-state index contributed by atoms with van der Waals surface area (Å²) in [5, 5.41) is 13.1. The maximum atomic E-state index is 12.5. The first kappa shape index (κ1) is 15.3. The molecule has 2 heterocycles. The Bertz CT molecular complexity index is 957. The SMILES string of the molecule is Cc1nc2sc(C#N)c(N)c2cc1C(=O)Nc1ccc(Cl)cc1. The van der Waals surface area contributed by atoms with Crippen molar-refractivity contribution in [3.8, 4) is 6.07 Å². The van der Waals surface area contributed by atoms with Gasteiger partial charge in [-0.3, -0.25) is 4.79 Å². The first-order valence-electron chi connectivity index (χ1n) is 6.66. The van der Waals surface area contributed by atoms with E-state index in [0.29, 0.717) is 42.7 Å². The Labute approximate surface area is 141 Å².